The second kappa shape index (κ2) is 11.6. The van der Waals surface area contributed by atoms with E-state index in [2.05, 4.69) is 36.4 Å². The first kappa shape index (κ1) is 23.0. The maximum absolute atomic E-state index is 5.33. The molecule has 0 amide bonds. The molecule has 0 aromatic rings. The fraction of sp³-hybridized carbons (Fsp3) is 0.947. The highest BCUT2D eigenvalue weighted by atomic mass is 127. The minimum Gasteiger partial charge on any atom is -0.385 e. The Morgan fingerprint density at radius 3 is 2.52 bits per heavy atom. The topological polar surface area (TPSA) is 48.9 Å². The Bertz CT molecular complexity index is 395. The van der Waals surface area contributed by atoms with Gasteiger partial charge in [-0.05, 0) is 58.4 Å². The number of rotatable bonds is 10. The summed E-state index contributed by atoms with van der Waals surface area (Å²) in [5, 5.41) is 6.96. The van der Waals surface area contributed by atoms with Crippen molar-refractivity contribution in [3.8, 4) is 0 Å². The number of hydrogen-bond donors (Lipinski definition) is 2. The Kier molecular flexibility index (Phi) is 10.6. The quantitative estimate of drug-likeness (QED) is 0.295. The molecule has 0 radical (unpaired) electrons. The molecule has 2 fully saturated rings. The van der Waals surface area contributed by atoms with Crippen molar-refractivity contribution in [2.75, 3.05) is 40.4 Å². The van der Waals surface area contributed by atoms with Crippen LogP contribution in [0.1, 0.15) is 58.8 Å². The van der Waals surface area contributed by atoms with Gasteiger partial charge >= 0.3 is 0 Å². The SMILES string of the molecule is CCNC(=NCC1(CCOC)CCCC1)NCC(C)N(C)C1CC1.I. The molecule has 0 bridgehead atoms. The van der Waals surface area contributed by atoms with E-state index in [1.807, 2.05) is 0 Å². The van der Waals surface area contributed by atoms with Gasteiger partial charge in [0.2, 0.25) is 0 Å². The molecule has 2 saturated carbocycles. The van der Waals surface area contributed by atoms with Crippen LogP contribution in [0.5, 0.6) is 0 Å². The predicted molar refractivity (Wildman–Crippen MR) is 117 cm³/mol. The first-order valence-electron chi connectivity index (χ1n) is 9.83. The van der Waals surface area contributed by atoms with E-state index in [1.54, 1.807) is 7.11 Å². The van der Waals surface area contributed by atoms with E-state index in [0.717, 1.165) is 44.7 Å². The summed E-state index contributed by atoms with van der Waals surface area (Å²) in [5.74, 6) is 0.970. The summed E-state index contributed by atoms with van der Waals surface area (Å²) in [6, 6.07) is 1.34. The lowest BCUT2D eigenvalue weighted by Gasteiger charge is -2.28. The zero-order valence-electron chi connectivity index (χ0n) is 16.6. The van der Waals surface area contributed by atoms with E-state index in [1.165, 1.54) is 38.5 Å². The molecule has 0 aliphatic heterocycles. The van der Waals surface area contributed by atoms with Crippen molar-refractivity contribution in [3.63, 3.8) is 0 Å². The Balaban J connectivity index is 0.00000312. The highest BCUT2D eigenvalue weighted by molar-refractivity contribution is 14.0. The number of guanidine groups is 1. The van der Waals surface area contributed by atoms with E-state index >= 15 is 0 Å². The van der Waals surface area contributed by atoms with Crippen LogP contribution < -0.4 is 10.6 Å². The molecule has 0 aromatic heterocycles. The number of methoxy groups -OCH3 is 1. The first-order chi connectivity index (χ1) is 11.6. The molecule has 0 saturated heterocycles. The third-order valence-electron chi connectivity index (χ3n) is 5.80. The van der Waals surface area contributed by atoms with E-state index in [0.29, 0.717) is 11.5 Å². The van der Waals surface area contributed by atoms with E-state index < -0.39 is 0 Å². The summed E-state index contributed by atoms with van der Waals surface area (Å²) in [6.07, 6.45) is 9.11. The monoisotopic (exact) mass is 466 g/mol. The molecule has 148 valence electrons. The number of aliphatic imine (C=N–C) groups is 1. The molecule has 0 spiro atoms. The largest absolute Gasteiger partial charge is 0.385 e. The minimum atomic E-state index is 0. The van der Waals surface area contributed by atoms with Crippen molar-refractivity contribution in [2.24, 2.45) is 10.4 Å². The zero-order valence-corrected chi connectivity index (χ0v) is 19.0. The maximum atomic E-state index is 5.33. The highest BCUT2D eigenvalue weighted by Gasteiger charge is 2.33. The van der Waals surface area contributed by atoms with Crippen molar-refractivity contribution in [3.05, 3.63) is 0 Å². The van der Waals surface area contributed by atoms with Gasteiger partial charge in [-0.2, -0.15) is 0 Å². The summed E-state index contributed by atoms with van der Waals surface area (Å²) >= 11 is 0. The van der Waals surface area contributed by atoms with Crippen LogP contribution in [0.15, 0.2) is 4.99 Å². The fourth-order valence-corrected chi connectivity index (χ4v) is 3.75. The van der Waals surface area contributed by atoms with Crippen LogP contribution in [0.25, 0.3) is 0 Å². The maximum Gasteiger partial charge on any atom is 0.191 e. The Morgan fingerprint density at radius 1 is 1.28 bits per heavy atom. The summed E-state index contributed by atoms with van der Waals surface area (Å²) in [5.41, 5.74) is 0.356. The molecule has 5 nitrogen and oxygen atoms in total. The number of hydrogen-bond acceptors (Lipinski definition) is 3. The molecule has 6 heteroatoms. The summed E-state index contributed by atoms with van der Waals surface area (Å²) in [7, 11) is 4.04. The van der Waals surface area contributed by atoms with Crippen LogP contribution in [-0.2, 0) is 4.74 Å². The Labute approximate surface area is 171 Å². The van der Waals surface area contributed by atoms with Crippen LogP contribution >= 0.6 is 24.0 Å². The van der Waals surface area contributed by atoms with Gasteiger partial charge in [0.05, 0.1) is 0 Å². The van der Waals surface area contributed by atoms with Gasteiger partial charge in [0.1, 0.15) is 0 Å². The minimum absolute atomic E-state index is 0. The van der Waals surface area contributed by atoms with Crippen LogP contribution in [0, 0.1) is 5.41 Å². The third-order valence-corrected chi connectivity index (χ3v) is 5.80. The molecule has 2 N–H and O–H groups in total. The van der Waals surface area contributed by atoms with Crippen LogP contribution in [0.3, 0.4) is 0 Å². The first-order valence-corrected chi connectivity index (χ1v) is 9.83. The highest BCUT2D eigenvalue weighted by Crippen LogP contribution is 2.41. The lowest BCUT2D eigenvalue weighted by Crippen LogP contribution is -2.45. The molecule has 1 atom stereocenters. The van der Waals surface area contributed by atoms with Crippen LogP contribution in [0.2, 0.25) is 0 Å². The normalized spacial score (nSPS) is 21.1. The molecule has 1 unspecified atom stereocenters. The standard InChI is InChI=1S/C19H38N4O.HI/c1-5-20-18(21-14-16(2)23(3)17-8-9-17)22-15-19(12-13-24-4)10-6-7-11-19;/h16-17H,5-15H2,1-4H3,(H2,20,21,22);1H. The van der Waals surface area contributed by atoms with Gasteiger partial charge in [0, 0.05) is 45.4 Å². The summed E-state index contributed by atoms with van der Waals surface area (Å²) in [4.78, 5) is 7.43. The van der Waals surface area contributed by atoms with Gasteiger partial charge in [0.25, 0.3) is 0 Å². The third kappa shape index (κ3) is 7.59. The molecular formula is C19H39IN4O. The van der Waals surface area contributed by atoms with Crippen molar-refractivity contribution >= 4 is 29.9 Å². The van der Waals surface area contributed by atoms with E-state index in [-0.39, 0.29) is 24.0 Å². The average Bonchev–Trinajstić information content (AvgIpc) is 3.34. The van der Waals surface area contributed by atoms with Crippen molar-refractivity contribution < 1.29 is 4.74 Å². The van der Waals surface area contributed by atoms with Gasteiger partial charge in [-0.3, -0.25) is 9.89 Å². The summed E-state index contributed by atoms with van der Waals surface area (Å²) < 4.78 is 5.33. The van der Waals surface area contributed by atoms with Crippen LogP contribution in [-0.4, -0.2) is 63.3 Å². The number of halogens is 1. The molecule has 0 aromatic carbocycles. The van der Waals surface area contributed by atoms with Gasteiger partial charge in [-0.15, -0.1) is 24.0 Å². The van der Waals surface area contributed by atoms with Crippen molar-refractivity contribution in [2.45, 2.75) is 70.9 Å². The molecular weight excluding hydrogens is 427 g/mol. The van der Waals surface area contributed by atoms with Gasteiger partial charge in [-0.1, -0.05) is 12.8 Å². The zero-order chi connectivity index (χ0) is 17.4. The smallest absolute Gasteiger partial charge is 0.191 e. The van der Waals surface area contributed by atoms with Gasteiger partial charge in [-0.25, -0.2) is 0 Å². The van der Waals surface area contributed by atoms with Crippen molar-refractivity contribution in [1.29, 1.82) is 0 Å². The number of nitrogens with one attached hydrogen (secondary N) is 2. The lowest BCUT2D eigenvalue weighted by molar-refractivity contribution is 0.141. The average molecular weight is 466 g/mol. The fourth-order valence-electron chi connectivity index (χ4n) is 3.75. The van der Waals surface area contributed by atoms with E-state index in [9.17, 15) is 0 Å². The number of likely N-dealkylation sites (N-methyl/N-ethyl adjacent to an activating group) is 1. The molecule has 2 rings (SSSR count). The lowest BCUT2D eigenvalue weighted by atomic mass is 9.83. The summed E-state index contributed by atoms with van der Waals surface area (Å²) in [6.45, 7) is 8.05. The molecule has 25 heavy (non-hydrogen) atoms. The molecule has 2 aliphatic carbocycles. The molecule has 2 aliphatic rings. The second-order valence-electron chi connectivity index (χ2n) is 7.77. The second-order valence-corrected chi connectivity index (χ2v) is 7.77. The van der Waals surface area contributed by atoms with E-state index in [4.69, 9.17) is 9.73 Å². The number of nitrogens with zero attached hydrogens (tertiary/aromatic N) is 2. The van der Waals surface area contributed by atoms with Crippen LogP contribution in [0.4, 0.5) is 0 Å². The predicted octanol–water partition coefficient (Wildman–Crippen LogP) is 3.24. The number of ether oxygens (including phenoxy) is 1. The van der Waals surface area contributed by atoms with Crippen molar-refractivity contribution in [1.82, 2.24) is 15.5 Å². The van der Waals surface area contributed by atoms with Gasteiger partial charge in [0.15, 0.2) is 5.96 Å². The Morgan fingerprint density at radius 2 is 1.96 bits per heavy atom. The molecule has 0 heterocycles. The Hall–Kier alpha value is -0.0800. The van der Waals surface area contributed by atoms with Gasteiger partial charge < -0.3 is 15.4 Å².